The third-order valence-electron chi connectivity index (χ3n) is 3.36. The molecule has 0 saturated heterocycles. The first-order valence-corrected chi connectivity index (χ1v) is 6.91. The predicted molar refractivity (Wildman–Crippen MR) is 77.8 cm³/mol. The molecule has 1 aromatic heterocycles. The number of hydrogen-bond donors (Lipinski definition) is 1. The highest BCUT2D eigenvalue weighted by atomic mass is 16.1. The Morgan fingerprint density at radius 2 is 2.05 bits per heavy atom. The number of hydrogen-bond acceptors (Lipinski definition) is 4. The largest absolute Gasteiger partial charge is 0.330 e. The van der Waals surface area contributed by atoms with Crippen LogP contribution in [-0.4, -0.2) is 27.3 Å². The highest BCUT2D eigenvalue weighted by Crippen LogP contribution is 2.15. The van der Waals surface area contributed by atoms with Crippen molar-refractivity contribution in [2.45, 2.75) is 26.2 Å². The fourth-order valence-corrected chi connectivity index (χ4v) is 2.12. The quantitative estimate of drug-likeness (QED) is 0.784. The summed E-state index contributed by atoms with van der Waals surface area (Å²) < 4.78 is 1.59. The topological polar surface area (TPSA) is 73.8 Å². The maximum Gasteiger partial charge on any atom is 0.182 e. The molecular weight excluding hydrogens is 252 g/mol. The Hall–Kier alpha value is -2.01. The molecule has 2 aromatic rings. The number of carbonyl (C=O) groups excluding carboxylic acids is 1. The molecule has 5 nitrogen and oxygen atoms in total. The van der Waals surface area contributed by atoms with Crippen molar-refractivity contribution in [2.24, 2.45) is 11.7 Å². The molecule has 0 aliphatic rings. The van der Waals surface area contributed by atoms with Crippen molar-refractivity contribution in [3.05, 3.63) is 42.2 Å². The molecule has 0 aliphatic heterocycles. The molecule has 1 aromatic carbocycles. The predicted octanol–water partition coefficient (Wildman–Crippen LogP) is 2.22. The molecule has 0 bridgehead atoms. The molecule has 1 unspecified atom stereocenters. The second kappa shape index (κ2) is 6.96. The van der Waals surface area contributed by atoms with E-state index >= 15 is 0 Å². The standard InChI is InChI=1S/C15H20N4O/c1-12(9-10-16)7-8-15(20)14-11-17-18-19(14)13-5-3-2-4-6-13/h2-6,11-12H,7-10,16H2,1H3. The third-order valence-corrected chi connectivity index (χ3v) is 3.36. The van der Waals surface area contributed by atoms with Gasteiger partial charge >= 0.3 is 0 Å². The van der Waals surface area contributed by atoms with Crippen LogP contribution < -0.4 is 5.73 Å². The number of ketones is 1. The number of carbonyl (C=O) groups is 1. The van der Waals surface area contributed by atoms with Crippen LogP contribution in [0.15, 0.2) is 36.5 Å². The van der Waals surface area contributed by atoms with Crippen LogP contribution in [0.25, 0.3) is 5.69 Å². The summed E-state index contributed by atoms with van der Waals surface area (Å²) in [7, 11) is 0. The van der Waals surface area contributed by atoms with Crippen molar-refractivity contribution in [2.75, 3.05) is 6.54 Å². The summed E-state index contributed by atoms with van der Waals surface area (Å²) >= 11 is 0. The Bertz CT molecular complexity index is 550. The van der Waals surface area contributed by atoms with Gasteiger partial charge in [-0.3, -0.25) is 4.79 Å². The summed E-state index contributed by atoms with van der Waals surface area (Å²) in [5, 5.41) is 7.85. The van der Waals surface area contributed by atoms with E-state index in [0.29, 0.717) is 24.6 Å². The molecule has 0 amide bonds. The van der Waals surface area contributed by atoms with Crippen LogP contribution >= 0.6 is 0 Å². The van der Waals surface area contributed by atoms with E-state index in [2.05, 4.69) is 17.2 Å². The van der Waals surface area contributed by atoms with Gasteiger partial charge < -0.3 is 5.73 Å². The zero-order valence-electron chi connectivity index (χ0n) is 11.7. The molecule has 0 radical (unpaired) electrons. The van der Waals surface area contributed by atoms with E-state index in [-0.39, 0.29) is 5.78 Å². The van der Waals surface area contributed by atoms with Gasteiger partial charge in [-0.05, 0) is 37.4 Å². The van der Waals surface area contributed by atoms with Crippen LogP contribution in [0.4, 0.5) is 0 Å². The average molecular weight is 272 g/mol. The van der Waals surface area contributed by atoms with Gasteiger partial charge in [0.1, 0.15) is 5.69 Å². The monoisotopic (exact) mass is 272 g/mol. The van der Waals surface area contributed by atoms with Crippen molar-refractivity contribution in [3.63, 3.8) is 0 Å². The Labute approximate surface area is 118 Å². The Morgan fingerprint density at radius 3 is 2.75 bits per heavy atom. The lowest BCUT2D eigenvalue weighted by Gasteiger charge is -2.09. The average Bonchev–Trinajstić information content (AvgIpc) is 2.95. The van der Waals surface area contributed by atoms with Crippen LogP contribution in [0.5, 0.6) is 0 Å². The van der Waals surface area contributed by atoms with Crippen molar-refractivity contribution >= 4 is 5.78 Å². The molecule has 2 N–H and O–H groups in total. The summed E-state index contributed by atoms with van der Waals surface area (Å²) in [4.78, 5) is 12.3. The zero-order chi connectivity index (χ0) is 14.4. The molecule has 1 atom stereocenters. The lowest BCUT2D eigenvalue weighted by atomic mass is 9.99. The molecule has 106 valence electrons. The third kappa shape index (κ3) is 3.51. The minimum atomic E-state index is 0.0720. The van der Waals surface area contributed by atoms with Gasteiger partial charge in [-0.2, -0.15) is 0 Å². The molecule has 0 spiro atoms. The van der Waals surface area contributed by atoms with Crippen molar-refractivity contribution in [3.8, 4) is 5.69 Å². The lowest BCUT2D eigenvalue weighted by Crippen LogP contribution is -2.11. The van der Waals surface area contributed by atoms with Crippen molar-refractivity contribution in [1.29, 1.82) is 0 Å². The van der Waals surface area contributed by atoms with E-state index in [1.807, 2.05) is 30.3 Å². The zero-order valence-corrected chi connectivity index (χ0v) is 11.7. The van der Waals surface area contributed by atoms with Crippen molar-refractivity contribution in [1.82, 2.24) is 15.0 Å². The number of para-hydroxylation sites is 1. The Kier molecular flexibility index (Phi) is 5.01. The Morgan fingerprint density at radius 1 is 1.30 bits per heavy atom. The van der Waals surface area contributed by atoms with Crippen LogP contribution in [-0.2, 0) is 0 Å². The SMILES string of the molecule is CC(CCN)CCC(=O)c1cnnn1-c1ccccc1. The molecule has 0 aliphatic carbocycles. The van der Waals surface area contributed by atoms with Crippen molar-refractivity contribution < 1.29 is 4.79 Å². The number of Topliss-reactive ketones (excluding diaryl/α,β-unsaturated/α-hetero) is 1. The molecule has 0 fully saturated rings. The van der Waals surface area contributed by atoms with E-state index in [4.69, 9.17) is 5.73 Å². The molecular formula is C15H20N4O. The first-order chi connectivity index (χ1) is 9.72. The highest BCUT2D eigenvalue weighted by Gasteiger charge is 2.15. The number of nitrogens with zero attached hydrogens (tertiary/aromatic N) is 3. The Balaban J connectivity index is 2.07. The van der Waals surface area contributed by atoms with Crippen LogP contribution in [0.3, 0.4) is 0 Å². The molecule has 2 rings (SSSR count). The maximum absolute atomic E-state index is 12.3. The first-order valence-electron chi connectivity index (χ1n) is 6.91. The van der Waals surface area contributed by atoms with Gasteiger partial charge in [0.05, 0.1) is 11.9 Å². The molecule has 5 heteroatoms. The second-order valence-electron chi connectivity index (χ2n) is 5.01. The van der Waals surface area contributed by atoms with Gasteiger partial charge in [0, 0.05) is 6.42 Å². The fraction of sp³-hybridized carbons (Fsp3) is 0.400. The normalized spacial score (nSPS) is 12.3. The van der Waals surface area contributed by atoms with Gasteiger partial charge in [0.15, 0.2) is 5.78 Å². The summed E-state index contributed by atoms with van der Waals surface area (Å²) in [5.41, 5.74) is 6.91. The number of benzene rings is 1. The second-order valence-corrected chi connectivity index (χ2v) is 5.01. The molecule has 20 heavy (non-hydrogen) atoms. The summed E-state index contributed by atoms with van der Waals surface area (Å²) in [6, 6.07) is 9.56. The minimum Gasteiger partial charge on any atom is -0.330 e. The van der Waals surface area contributed by atoms with Gasteiger partial charge in [-0.25, -0.2) is 4.68 Å². The lowest BCUT2D eigenvalue weighted by molar-refractivity contribution is 0.0966. The van der Waals surface area contributed by atoms with Crippen LogP contribution in [0.2, 0.25) is 0 Å². The smallest absolute Gasteiger partial charge is 0.182 e. The van der Waals surface area contributed by atoms with E-state index in [9.17, 15) is 4.79 Å². The van der Waals surface area contributed by atoms with Gasteiger partial charge in [-0.15, -0.1) is 5.10 Å². The molecule has 1 heterocycles. The first kappa shape index (κ1) is 14.4. The fourth-order valence-electron chi connectivity index (χ4n) is 2.12. The van der Waals surface area contributed by atoms with Crippen LogP contribution in [0.1, 0.15) is 36.7 Å². The van der Waals surface area contributed by atoms with E-state index in [0.717, 1.165) is 18.5 Å². The summed E-state index contributed by atoms with van der Waals surface area (Å²) in [6.45, 7) is 2.78. The molecule has 0 saturated carbocycles. The summed E-state index contributed by atoms with van der Waals surface area (Å²) in [5.74, 6) is 0.535. The number of rotatable bonds is 7. The van der Waals surface area contributed by atoms with Gasteiger partial charge in [-0.1, -0.05) is 30.3 Å². The van der Waals surface area contributed by atoms with E-state index in [1.54, 1.807) is 4.68 Å². The number of aromatic nitrogens is 3. The van der Waals surface area contributed by atoms with E-state index in [1.165, 1.54) is 6.20 Å². The van der Waals surface area contributed by atoms with Crippen LogP contribution in [0, 0.1) is 5.92 Å². The summed E-state index contributed by atoms with van der Waals surface area (Å²) in [6.07, 6.45) is 3.82. The maximum atomic E-state index is 12.3. The van der Waals surface area contributed by atoms with Gasteiger partial charge in [0.2, 0.25) is 0 Å². The van der Waals surface area contributed by atoms with Gasteiger partial charge in [0.25, 0.3) is 0 Å². The number of nitrogens with two attached hydrogens (primary N) is 1. The minimum absolute atomic E-state index is 0.0720. The van der Waals surface area contributed by atoms with E-state index < -0.39 is 0 Å². The highest BCUT2D eigenvalue weighted by molar-refractivity contribution is 5.94.